The Balaban J connectivity index is 1.77. The molecule has 2 aromatic rings. The summed E-state index contributed by atoms with van der Waals surface area (Å²) < 4.78 is 0. The zero-order valence-corrected chi connectivity index (χ0v) is 11.7. The summed E-state index contributed by atoms with van der Waals surface area (Å²) in [4.78, 5) is 22.2. The Bertz CT molecular complexity index is 654. The molecule has 1 heterocycles. The van der Waals surface area contributed by atoms with E-state index in [1.165, 1.54) is 12.3 Å². The Morgan fingerprint density at radius 3 is 2.71 bits per heavy atom. The van der Waals surface area contributed by atoms with Crippen LogP contribution in [0.2, 0.25) is 0 Å². The summed E-state index contributed by atoms with van der Waals surface area (Å²) in [5, 5.41) is 17.2. The van der Waals surface area contributed by atoms with Crippen molar-refractivity contribution in [3.8, 4) is 0 Å². The molecule has 2 N–H and O–H groups in total. The Morgan fingerprint density at radius 2 is 2.05 bits per heavy atom. The van der Waals surface area contributed by atoms with Crippen LogP contribution in [-0.4, -0.2) is 23.6 Å². The maximum atomic E-state index is 11.5. The van der Waals surface area contributed by atoms with Gasteiger partial charge in [0.05, 0.1) is 22.6 Å². The van der Waals surface area contributed by atoms with Crippen LogP contribution in [0.4, 0.5) is 10.7 Å². The van der Waals surface area contributed by atoms with Gasteiger partial charge in [0.15, 0.2) is 0 Å². The van der Waals surface area contributed by atoms with Gasteiger partial charge in [-0.05, 0) is 18.2 Å². The van der Waals surface area contributed by atoms with Gasteiger partial charge in [-0.15, -0.1) is 0 Å². The zero-order chi connectivity index (χ0) is 15.1. The molecule has 0 bridgehead atoms. The Morgan fingerprint density at radius 1 is 1.29 bits per heavy atom. The van der Waals surface area contributed by atoms with Gasteiger partial charge < -0.3 is 5.32 Å². The topological polar surface area (TPSA) is 96.6 Å². The second kappa shape index (κ2) is 7.15. The highest BCUT2D eigenvalue weighted by Crippen LogP contribution is 2.22. The Hall–Kier alpha value is -2.74. The average Bonchev–Trinajstić information content (AvgIpc) is 2.95. The Kier molecular flexibility index (Phi) is 4.99. The molecule has 0 unspecified atom stereocenters. The molecule has 0 atom stereocenters. The van der Waals surface area contributed by atoms with Gasteiger partial charge in [-0.1, -0.05) is 29.5 Å². The lowest BCUT2D eigenvalue weighted by atomic mass is 10.3. The van der Waals surface area contributed by atoms with Crippen LogP contribution in [0.3, 0.4) is 0 Å². The van der Waals surface area contributed by atoms with Crippen LogP contribution in [0.25, 0.3) is 0 Å². The SMILES string of the molecule is O=C(CNc1ccccc1)N/N=C/c1ccc([N+](=O)[O-])s1. The molecule has 0 aliphatic rings. The fourth-order valence-electron chi connectivity index (χ4n) is 1.46. The molecule has 8 heteroatoms. The molecule has 0 aliphatic carbocycles. The maximum absolute atomic E-state index is 11.5. The number of nitro groups is 1. The highest BCUT2D eigenvalue weighted by Gasteiger charge is 2.08. The van der Waals surface area contributed by atoms with Crippen molar-refractivity contribution in [2.45, 2.75) is 0 Å². The summed E-state index contributed by atoms with van der Waals surface area (Å²) in [7, 11) is 0. The largest absolute Gasteiger partial charge is 0.376 e. The molecule has 0 spiro atoms. The van der Waals surface area contributed by atoms with Crippen LogP contribution >= 0.6 is 11.3 Å². The van der Waals surface area contributed by atoms with Gasteiger partial charge in [0.1, 0.15) is 0 Å². The minimum Gasteiger partial charge on any atom is -0.376 e. The van der Waals surface area contributed by atoms with Crippen molar-refractivity contribution in [2.24, 2.45) is 5.10 Å². The number of amides is 1. The monoisotopic (exact) mass is 304 g/mol. The molecule has 1 aromatic heterocycles. The van der Waals surface area contributed by atoms with E-state index in [1.54, 1.807) is 6.07 Å². The van der Waals surface area contributed by atoms with Gasteiger partial charge in [-0.3, -0.25) is 14.9 Å². The van der Waals surface area contributed by atoms with E-state index >= 15 is 0 Å². The first-order valence-electron chi connectivity index (χ1n) is 6.00. The summed E-state index contributed by atoms with van der Waals surface area (Å²) in [5.74, 6) is -0.304. The van der Waals surface area contributed by atoms with E-state index in [0.717, 1.165) is 17.0 Å². The van der Waals surface area contributed by atoms with Crippen LogP contribution in [0.15, 0.2) is 47.6 Å². The summed E-state index contributed by atoms with van der Waals surface area (Å²) >= 11 is 0.988. The number of hydrogen-bond acceptors (Lipinski definition) is 6. The first-order chi connectivity index (χ1) is 10.1. The summed E-state index contributed by atoms with van der Waals surface area (Å²) in [5.41, 5.74) is 3.18. The van der Waals surface area contributed by atoms with Crippen LogP contribution in [0.1, 0.15) is 4.88 Å². The van der Waals surface area contributed by atoms with Gasteiger partial charge in [-0.25, -0.2) is 5.43 Å². The molecule has 7 nitrogen and oxygen atoms in total. The van der Waals surface area contributed by atoms with Gasteiger partial charge in [0.25, 0.3) is 5.91 Å². The van der Waals surface area contributed by atoms with E-state index in [-0.39, 0.29) is 17.5 Å². The van der Waals surface area contributed by atoms with E-state index in [2.05, 4.69) is 15.8 Å². The molecule has 0 saturated heterocycles. The third kappa shape index (κ3) is 4.69. The number of carbonyl (C=O) groups excluding carboxylic acids is 1. The van der Waals surface area contributed by atoms with E-state index in [1.807, 2.05) is 30.3 Å². The van der Waals surface area contributed by atoms with Crippen molar-refractivity contribution < 1.29 is 9.72 Å². The lowest BCUT2D eigenvalue weighted by Crippen LogP contribution is -2.25. The summed E-state index contributed by atoms with van der Waals surface area (Å²) in [6.45, 7) is 0.0892. The number of para-hydroxylation sites is 1. The summed E-state index contributed by atoms with van der Waals surface area (Å²) in [6.07, 6.45) is 1.37. The molecule has 0 saturated carbocycles. The fourth-order valence-corrected chi connectivity index (χ4v) is 2.15. The van der Waals surface area contributed by atoms with Crippen molar-refractivity contribution in [3.63, 3.8) is 0 Å². The average molecular weight is 304 g/mol. The fraction of sp³-hybridized carbons (Fsp3) is 0.0769. The first kappa shape index (κ1) is 14.7. The van der Waals surface area contributed by atoms with Gasteiger partial charge >= 0.3 is 5.00 Å². The van der Waals surface area contributed by atoms with E-state index in [9.17, 15) is 14.9 Å². The van der Waals surface area contributed by atoms with Gasteiger partial charge in [-0.2, -0.15) is 5.10 Å². The second-order valence-corrected chi connectivity index (χ2v) is 5.04. The van der Waals surface area contributed by atoms with Gasteiger partial charge in [0, 0.05) is 11.8 Å². The maximum Gasteiger partial charge on any atom is 0.324 e. The quantitative estimate of drug-likeness (QED) is 0.486. The molecule has 0 radical (unpaired) electrons. The molecular formula is C13H12N4O3S. The predicted molar refractivity (Wildman–Crippen MR) is 81.6 cm³/mol. The number of benzene rings is 1. The second-order valence-electron chi connectivity index (χ2n) is 3.95. The van der Waals surface area contributed by atoms with Crippen molar-refractivity contribution >= 4 is 34.1 Å². The number of carbonyl (C=O) groups is 1. The van der Waals surface area contributed by atoms with Crippen molar-refractivity contribution in [2.75, 3.05) is 11.9 Å². The molecule has 108 valence electrons. The minimum absolute atomic E-state index is 0.0357. The van der Waals surface area contributed by atoms with Crippen molar-refractivity contribution in [3.05, 3.63) is 57.5 Å². The lowest BCUT2D eigenvalue weighted by molar-refractivity contribution is -0.380. The lowest BCUT2D eigenvalue weighted by Gasteiger charge is -2.04. The zero-order valence-electron chi connectivity index (χ0n) is 10.9. The number of nitrogens with one attached hydrogen (secondary N) is 2. The minimum atomic E-state index is -0.468. The predicted octanol–water partition coefficient (Wildman–Crippen LogP) is 2.22. The first-order valence-corrected chi connectivity index (χ1v) is 6.82. The molecule has 2 rings (SSSR count). The molecule has 21 heavy (non-hydrogen) atoms. The van der Waals surface area contributed by atoms with Gasteiger partial charge in [0.2, 0.25) is 0 Å². The molecular weight excluding hydrogens is 292 g/mol. The van der Waals surface area contributed by atoms with Crippen molar-refractivity contribution in [1.82, 2.24) is 5.43 Å². The highest BCUT2D eigenvalue weighted by atomic mass is 32.1. The number of nitrogens with zero attached hydrogens (tertiary/aromatic N) is 2. The smallest absolute Gasteiger partial charge is 0.324 e. The number of hydrogen-bond donors (Lipinski definition) is 2. The standard InChI is InChI=1S/C13H12N4O3S/c18-12(9-14-10-4-2-1-3-5-10)16-15-8-11-6-7-13(21-11)17(19)20/h1-8,14H,9H2,(H,16,18)/b15-8+. The molecule has 0 aliphatic heterocycles. The number of rotatable bonds is 6. The summed E-state index contributed by atoms with van der Waals surface area (Å²) in [6, 6.07) is 12.3. The van der Waals surface area contributed by atoms with E-state index in [4.69, 9.17) is 0 Å². The highest BCUT2D eigenvalue weighted by molar-refractivity contribution is 7.16. The third-order valence-electron chi connectivity index (χ3n) is 2.40. The van der Waals surface area contributed by atoms with E-state index < -0.39 is 4.92 Å². The van der Waals surface area contributed by atoms with Crippen LogP contribution in [0.5, 0.6) is 0 Å². The Labute approximate surface area is 124 Å². The van der Waals surface area contributed by atoms with Crippen molar-refractivity contribution in [1.29, 1.82) is 0 Å². The number of hydrazone groups is 1. The number of anilines is 1. The molecule has 1 aromatic carbocycles. The van der Waals surface area contributed by atoms with E-state index in [0.29, 0.717) is 4.88 Å². The normalized spacial score (nSPS) is 10.5. The van der Waals surface area contributed by atoms with Crippen LogP contribution in [-0.2, 0) is 4.79 Å². The van der Waals surface area contributed by atoms with Crippen LogP contribution in [0, 0.1) is 10.1 Å². The molecule has 0 fully saturated rings. The van der Waals surface area contributed by atoms with Crippen LogP contribution < -0.4 is 10.7 Å². The third-order valence-corrected chi connectivity index (χ3v) is 3.37. The number of thiophene rings is 1. The molecule has 1 amide bonds.